The maximum atomic E-state index is 13.6. The molecule has 14 heteroatoms. The fourth-order valence-corrected chi connectivity index (χ4v) is 6.49. The van der Waals surface area contributed by atoms with Gasteiger partial charge < -0.3 is 19.7 Å². The number of nitriles is 1. The summed E-state index contributed by atoms with van der Waals surface area (Å²) in [4.78, 5) is 2.04. The fraction of sp³-hybridized carbons (Fsp3) is 0.393. The first-order valence-electron chi connectivity index (χ1n) is 13.1. The minimum atomic E-state index is -4.81. The zero-order valence-corrected chi connectivity index (χ0v) is 23.8. The highest BCUT2D eigenvalue weighted by Crippen LogP contribution is 2.59. The Morgan fingerprint density at radius 1 is 1.07 bits per heavy atom. The second-order valence-corrected chi connectivity index (χ2v) is 12.7. The van der Waals surface area contributed by atoms with Crippen molar-refractivity contribution < 1.29 is 41.3 Å². The van der Waals surface area contributed by atoms with Gasteiger partial charge in [-0.05, 0) is 63.2 Å². The van der Waals surface area contributed by atoms with Gasteiger partial charge in [0.05, 0.1) is 39.8 Å². The normalized spacial score (nSPS) is 22.0. The van der Waals surface area contributed by atoms with Crippen molar-refractivity contribution in [3.8, 4) is 29.3 Å². The van der Waals surface area contributed by atoms with Crippen molar-refractivity contribution >= 4 is 15.7 Å². The van der Waals surface area contributed by atoms with Gasteiger partial charge in [-0.1, -0.05) is 0 Å². The summed E-state index contributed by atoms with van der Waals surface area (Å²) in [5.41, 5.74) is -3.07. The molecule has 2 atom stereocenters. The van der Waals surface area contributed by atoms with Crippen molar-refractivity contribution in [1.29, 1.82) is 5.26 Å². The standard InChI is InChI=1S/C28H29F3N4O6S/c1-4-42(38,39)33-18-6-9-20(10-7-18)40-12-11-34-15-26(2)22-23(27(3,16-34)41-26)25(37)35(24(22)36)19-8-5-17(14-32)21(13-19)28(29,30)31/h5-10,13,33,36-37H,4,11-12,15-16H2,1-3H3/t26-,27+. The number of aromatic nitrogens is 1. The van der Waals surface area contributed by atoms with Crippen LogP contribution in [0.1, 0.15) is 43.0 Å². The minimum Gasteiger partial charge on any atom is -0.494 e. The van der Waals surface area contributed by atoms with E-state index in [0.29, 0.717) is 31.1 Å². The molecule has 2 aliphatic heterocycles. The molecule has 0 amide bonds. The molecule has 224 valence electrons. The van der Waals surface area contributed by atoms with Crippen LogP contribution in [0.25, 0.3) is 5.69 Å². The second-order valence-electron chi connectivity index (χ2n) is 10.7. The van der Waals surface area contributed by atoms with Crippen LogP contribution < -0.4 is 9.46 Å². The van der Waals surface area contributed by atoms with Crippen LogP contribution >= 0.6 is 0 Å². The quantitative estimate of drug-likeness (QED) is 0.343. The Hall–Kier alpha value is -3.93. The van der Waals surface area contributed by atoms with Crippen molar-refractivity contribution in [2.24, 2.45) is 0 Å². The highest BCUT2D eigenvalue weighted by Gasteiger charge is 2.58. The largest absolute Gasteiger partial charge is 0.494 e. The zero-order valence-electron chi connectivity index (χ0n) is 23.0. The van der Waals surface area contributed by atoms with E-state index in [0.717, 1.165) is 16.7 Å². The van der Waals surface area contributed by atoms with E-state index in [1.54, 1.807) is 45.0 Å². The zero-order chi connectivity index (χ0) is 30.7. The number of hydrogen-bond donors (Lipinski definition) is 3. The van der Waals surface area contributed by atoms with E-state index in [1.165, 1.54) is 12.1 Å². The lowest BCUT2D eigenvalue weighted by Gasteiger charge is -2.43. The number of sulfonamides is 1. The molecule has 10 nitrogen and oxygen atoms in total. The third-order valence-corrected chi connectivity index (χ3v) is 8.86. The summed E-state index contributed by atoms with van der Waals surface area (Å²) in [6, 6.07) is 11.0. The Balaban J connectivity index is 1.34. The number of anilines is 1. The van der Waals surface area contributed by atoms with Crippen LogP contribution in [0.4, 0.5) is 18.9 Å². The van der Waals surface area contributed by atoms with Gasteiger partial charge in [0.2, 0.25) is 21.8 Å². The Kier molecular flexibility index (Phi) is 7.11. The van der Waals surface area contributed by atoms with Crippen molar-refractivity contribution in [2.45, 2.75) is 38.1 Å². The number of hydrogen-bond acceptors (Lipinski definition) is 8. The molecule has 0 unspecified atom stereocenters. The van der Waals surface area contributed by atoms with Crippen LogP contribution in [-0.2, 0) is 32.1 Å². The van der Waals surface area contributed by atoms with Crippen molar-refractivity contribution in [1.82, 2.24) is 9.47 Å². The number of morpholine rings is 1. The predicted octanol–water partition coefficient (Wildman–Crippen LogP) is 4.40. The van der Waals surface area contributed by atoms with Crippen LogP contribution in [0, 0.1) is 11.3 Å². The van der Waals surface area contributed by atoms with Crippen LogP contribution in [0.2, 0.25) is 0 Å². The Labute approximate surface area is 240 Å². The number of nitrogens with zero attached hydrogens (tertiary/aromatic N) is 3. The Morgan fingerprint density at radius 2 is 1.67 bits per heavy atom. The Bertz CT molecular complexity index is 1640. The number of alkyl halides is 3. The van der Waals surface area contributed by atoms with Crippen molar-refractivity contribution in [3.05, 3.63) is 64.7 Å². The molecule has 2 bridgehead atoms. The fourth-order valence-electron chi connectivity index (χ4n) is 5.85. The summed E-state index contributed by atoms with van der Waals surface area (Å²) in [7, 11) is -3.39. The average molecular weight is 607 g/mol. The molecule has 1 aromatic heterocycles. The van der Waals surface area contributed by atoms with Gasteiger partial charge in [0, 0.05) is 25.3 Å². The van der Waals surface area contributed by atoms with Gasteiger partial charge >= 0.3 is 6.18 Å². The molecule has 0 saturated carbocycles. The summed E-state index contributed by atoms with van der Waals surface area (Å²) in [5.74, 6) is -0.387. The number of benzene rings is 2. The number of rotatable bonds is 8. The van der Waals surface area contributed by atoms with Crippen LogP contribution in [0.3, 0.4) is 0 Å². The van der Waals surface area contributed by atoms with E-state index < -0.39 is 50.3 Å². The lowest BCUT2D eigenvalue weighted by Crippen LogP contribution is -2.52. The van der Waals surface area contributed by atoms with E-state index in [2.05, 4.69) is 4.72 Å². The molecule has 3 heterocycles. The molecule has 0 radical (unpaired) electrons. The first-order chi connectivity index (χ1) is 19.6. The predicted molar refractivity (Wildman–Crippen MR) is 146 cm³/mol. The van der Waals surface area contributed by atoms with Crippen LogP contribution in [-0.4, -0.2) is 60.1 Å². The molecule has 0 aliphatic carbocycles. The summed E-state index contributed by atoms with van der Waals surface area (Å²) < 4.78 is 79.8. The lowest BCUT2D eigenvalue weighted by atomic mass is 9.94. The number of halogens is 3. The first kappa shape index (κ1) is 29.6. The number of nitrogens with one attached hydrogen (secondary N) is 1. The average Bonchev–Trinajstić information content (AvgIpc) is 3.28. The number of ether oxygens (including phenoxy) is 2. The monoisotopic (exact) mass is 606 g/mol. The van der Waals surface area contributed by atoms with E-state index in [1.807, 2.05) is 4.90 Å². The van der Waals surface area contributed by atoms with Gasteiger partial charge in [-0.25, -0.2) is 8.42 Å². The SMILES string of the molecule is CCS(=O)(=O)Nc1ccc(OCCN2C[C@@]3(C)O[C@@](C)(C2)c2c3c(O)n(-c3ccc(C#N)c(C(F)(F)F)c3)c2O)cc1. The highest BCUT2D eigenvalue weighted by molar-refractivity contribution is 7.92. The van der Waals surface area contributed by atoms with Crippen LogP contribution in [0.5, 0.6) is 17.5 Å². The van der Waals surface area contributed by atoms with E-state index in [4.69, 9.17) is 14.7 Å². The third-order valence-electron chi connectivity index (χ3n) is 7.55. The number of fused-ring (bicyclic) bond motifs is 5. The third kappa shape index (κ3) is 5.12. The van der Waals surface area contributed by atoms with Gasteiger partial charge in [-0.15, -0.1) is 0 Å². The molecular weight excluding hydrogens is 577 g/mol. The molecular formula is C28H29F3N4O6S. The smallest absolute Gasteiger partial charge is 0.417 e. The number of aromatic hydroxyl groups is 2. The van der Waals surface area contributed by atoms with Gasteiger partial charge in [0.15, 0.2) is 0 Å². The van der Waals surface area contributed by atoms with Crippen LogP contribution in [0.15, 0.2) is 42.5 Å². The highest BCUT2D eigenvalue weighted by atomic mass is 32.2. The summed E-state index contributed by atoms with van der Waals surface area (Å²) >= 11 is 0. The molecule has 1 saturated heterocycles. The van der Waals surface area contributed by atoms with Gasteiger partial charge in [0.1, 0.15) is 23.6 Å². The molecule has 2 aliphatic rings. The summed E-state index contributed by atoms with van der Waals surface area (Å²) in [6.45, 7) is 6.35. The summed E-state index contributed by atoms with van der Waals surface area (Å²) in [6.07, 6.45) is -4.81. The van der Waals surface area contributed by atoms with E-state index in [-0.39, 0.29) is 29.2 Å². The van der Waals surface area contributed by atoms with Crippen molar-refractivity contribution in [2.75, 3.05) is 36.7 Å². The molecule has 0 spiro atoms. The Morgan fingerprint density at radius 3 is 2.19 bits per heavy atom. The lowest BCUT2D eigenvalue weighted by molar-refractivity contribution is -0.187. The van der Waals surface area contributed by atoms with Gasteiger partial charge in [-0.2, -0.15) is 18.4 Å². The second kappa shape index (κ2) is 10.1. The van der Waals surface area contributed by atoms with E-state index in [9.17, 15) is 31.8 Å². The molecule has 3 N–H and O–H groups in total. The topological polar surface area (TPSA) is 137 Å². The minimum absolute atomic E-state index is 0.0432. The maximum Gasteiger partial charge on any atom is 0.417 e. The molecule has 42 heavy (non-hydrogen) atoms. The molecule has 1 fully saturated rings. The van der Waals surface area contributed by atoms with Crippen molar-refractivity contribution in [3.63, 3.8) is 0 Å². The first-order valence-corrected chi connectivity index (χ1v) is 14.7. The molecule has 5 rings (SSSR count). The molecule has 2 aromatic carbocycles. The van der Waals surface area contributed by atoms with E-state index >= 15 is 0 Å². The summed E-state index contributed by atoms with van der Waals surface area (Å²) in [5, 5.41) is 31.6. The van der Waals surface area contributed by atoms with Gasteiger partial charge in [-0.3, -0.25) is 14.2 Å². The van der Waals surface area contributed by atoms with Gasteiger partial charge in [0.25, 0.3) is 0 Å². The molecule has 3 aromatic rings. The maximum absolute atomic E-state index is 13.6.